The van der Waals surface area contributed by atoms with Gasteiger partial charge in [0.2, 0.25) is 5.91 Å². The maximum absolute atomic E-state index is 10.8. The summed E-state index contributed by atoms with van der Waals surface area (Å²) in [7, 11) is 0. The van der Waals surface area contributed by atoms with Gasteiger partial charge in [-0.25, -0.2) is 0 Å². The number of nitrogens with two attached hydrogens (primary N) is 2. The highest BCUT2D eigenvalue weighted by Crippen LogP contribution is 1.79. The van der Waals surface area contributed by atoms with Crippen molar-refractivity contribution in [1.82, 2.24) is 5.32 Å². The van der Waals surface area contributed by atoms with Crippen LogP contribution in [0.2, 0.25) is 0 Å². The first kappa shape index (κ1) is 9.39. The highest BCUT2D eigenvalue weighted by Gasteiger charge is 2.08. The van der Waals surface area contributed by atoms with Gasteiger partial charge in [0.25, 0.3) is 0 Å². The highest BCUT2D eigenvalue weighted by molar-refractivity contribution is 5.81. The standard InChI is InChI=1S/C6H15N3O/c1-4(3-7)9-6(10)5(2)8/h4-5H,3,7-8H2,1-2H3,(H,9,10)/t4-,5+/m0/s1. The molecular weight excluding hydrogens is 130 g/mol. The molecule has 5 N–H and O–H groups in total. The quantitative estimate of drug-likeness (QED) is 0.466. The maximum Gasteiger partial charge on any atom is 0.236 e. The molecule has 10 heavy (non-hydrogen) atoms. The van der Waals surface area contributed by atoms with Gasteiger partial charge in [0.05, 0.1) is 6.04 Å². The zero-order chi connectivity index (χ0) is 8.15. The molecule has 0 saturated carbocycles. The van der Waals surface area contributed by atoms with Gasteiger partial charge in [0.1, 0.15) is 0 Å². The van der Waals surface area contributed by atoms with E-state index < -0.39 is 6.04 Å². The van der Waals surface area contributed by atoms with Crippen molar-refractivity contribution < 1.29 is 4.79 Å². The van der Waals surface area contributed by atoms with Crippen molar-refractivity contribution in [2.75, 3.05) is 6.54 Å². The molecule has 0 aliphatic carbocycles. The van der Waals surface area contributed by atoms with E-state index in [9.17, 15) is 4.79 Å². The molecule has 0 saturated heterocycles. The second-order valence-corrected chi connectivity index (χ2v) is 2.43. The molecule has 4 heteroatoms. The lowest BCUT2D eigenvalue weighted by Gasteiger charge is -2.12. The first-order valence-corrected chi connectivity index (χ1v) is 3.34. The van der Waals surface area contributed by atoms with Gasteiger partial charge in [-0.15, -0.1) is 0 Å². The fraction of sp³-hybridized carbons (Fsp3) is 0.833. The summed E-state index contributed by atoms with van der Waals surface area (Å²) >= 11 is 0. The third-order valence-electron chi connectivity index (χ3n) is 1.16. The van der Waals surface area contributed by atoms with Gasteiger partial charge in [-0.2, -0.15) is 0 Å². The predicted octanol–water partition coefficient (Wildman–Crippen LogP) is -1.20. The lowest BCUT2D eigenvalue weighted by molar-refractivity contribution is -0.122. The second-order valence-electron chi connectivity index (χ2n) is 2.43. The Labute approximate surface area is 61.0 Å². The monoisotopic (exact) mass is 145 g/mol. The molecule has 4 nitrogen and oxygen atoms in total. The fourth-order valence-electron chi connectivity index (χ4n) is 0.433. The summed E-state index contributed by atoms with van der Waals surface area (Å²) < 4.78 is 0. The molecule has 0 radical (unpaired) electrons. The van der Waals surface area contributed by atoms with Crippen molar-refractivity contribution in [3.05, 3.63) is 0 Å². The van der Waals surface area contributed by atoms with E-state index in [0.29, 0.717) is 6.54 Å². The Morgan fingerprint density at radius 2 is 2.10 bits per heavy atom. The van der Waals surface area contributed by atoms with E-state index in [4.69, 9.17) is 11.5 Å². The van der Waals surface area contributed by atoms with Gasteiger partial charge in [0.15, 0.2) is 0 Å². The van der Waals surface area contributed by atoms with Crippen LogP contribution in [0.1, 0.15) is 13.8 Å². The van der Waals surface area contributed by atoms with Crippen molar-refractivity contribution in [1.29, 1.82) is 0 Å². The molecule has 2 atom stereocenters. The van der Waals surface area contributed by atoms with Crippen molar-refractivity contribution in [3.63, 3.8) is 0 Å². The van der Waals surface area contributed by atoms with Crippen LogP contribution >= 0.6 is 0 Å². The summed E-state index contributed by atoms with van der Waals surface area (Å²) in [4.78, 5) is 10.8. The summed E-state index contributed by atoms with van der Waals surface area (Å²) in [6, 6.07) is -0.438. The van der Waals surface area contributed by atoms with Crippen LogP contribution < -0.4 is 16.8 Å². The highest BCUT2D eigenvalue weighted by atomic mass is 16.2. The SMILES string of the molecule is C[C@@H](CN)NC(=O)[C@@H](C)N. The fourth-order valence-corrected chi connectivity index (χ4v) is 0.433. The summed E-state index contributed by atoms with van der Waals surface area (Å²) in [5.74, 6) is -0.155. The number of hydrogen-bond acceptors (Lipinski definition) is 3. The summed E-state index contributed by atoms with van der Waals surface area (Å²) in [5.41, 5.74) is 10.6. The molecule has 0 aliphatic rings. The molecule has 0 rings (SSSR count). The molecule has 0 spiro atoms. The van der Waals surface area contributed by atoms with Crippen molar-refractivity contribution in [3.8, 4) is 0 Å². The minimum absolute atomic E-state index is 0.0125. The average Bonchev–Trinajstić information content (AvgIpc) is 1.87. The van der Waals surface area contributed by atoms with E-state index in [2.05, 4.69) is 5.32 Å². The van der Waals surface area contributed by atoms with Gasteiger partial charge in [-0.05, 0) is 13.8 Å². The Bertz CT molecular complexity index is 114. The molecular formula is C6H15N3O. The van der Waals surface area contributed by atoms with E-state index in [1.54, 1.807) is 6.92 Å². The van der Waals surface area contributed by atoms with Gasteiger partial charge in [0, 0.05) is 12.6 Å². The minimum Gasteiger partial charge on any atom is -0.351 e. The number of carbonyl (C=O) groups excluding carboxylic acids is 1. The van der Waals surface area contributed by atoms with E-state index >= 15 is 0 Å². The molecule has 0 aromatic rings. The number of carbonyl (C=O) groups is 1. The maximum atomic E-state index is 10.8. The number of amides is 1. The van der Waals surface area contributed by atoms with Crippen LogP contribution in [0.25, 0.3) is 0 Å². The number of rotatable bonds is 3. The molecule has 0 bridgehead atoms. The van der Waals surface area contributed by atoms with Crippen LogP contribution in [0, 0.1) is 0 Å². The Balaban J connectivity index is 3.57. The number of nitrogens with one attached hydrogen (secondary N) is 1. The Morgan fingerprint density at radius 1 is 1.60 bits per heavy atom. The second kappa shape index (κ2) is 4.24. The molecule has 0 aromatic carbocycles. The minimum atomic E-state index is -0.450. The Hall–Kier alpha value is -0.610. The largest absolute Gasteiger partial charge is 0.351 e. The lowest BCUT2D eigenvalue weighted by atomic mass is 10.3. The number of hydrogen-bond donors (Lipinski definition) is 3. The Kier molecular flexibility index (Phi) is 3.99. The van der Waals surface area contributed by atoms with Gasteiger partial charge in [-0.3, -0.25) is 4.79 Å². The molecule has 0 aliphatic heterocycles. The van der Waals surface area contributed by atoms with E-state index in [1.165, 1.54) is 0 Å². The van der Waals surface area contributed by atoms with E-state index in [0.717, 1.165) is 0 Å². The van der Waals surface area contributed by atoms with Crippen molar-refractivity contribution >= 4 is 5.91 Å². The van der Waals surface area contributed by atoms with Gasteiger partial charge in [-0.1, -0.05) is 0 Å². The topological polar surface area (TPSA) is 81.1 Å². The molecule has 1 amide bonds. The van der Waals surface area contributed by atoms with Crippen LogP contribution in [0.5, 0.6) is 0 Å². The zero-order valence-electron chi connectivity index (χ0n) is 6.42. The average molecular weight is 145 g/mol. The van der Waals surface area contributed by atoms with Crippen LogP contribution in [-0.2, 0) is 4.79 Å². The third kappa shape index (κ3) is 3.42. The van der Waals surface area contributed by atoms with Gasteiger partial charge >= 0.3 is 0 Å². The third-order valence-corrected chi connectivity index (χ3v) is 1.16. The first-order chi connectivity index (χ1) is 4.57. The lowest BCUT2D eigenvalue weighted by Crippen LogP contribution is -2.45. The van der Waals surface area contributed by atoms with E-state index in [-0.39, 0.29) is 11.9 Å². The molecule has 0 fully saturated rings. The van der Waals surface area contributed by atoms with Crippen molar-refractivity contribution in [2.45, 2.75) is 25.9 Å². The smallest absolute Gasteiger partial charge is 0.236 e. The van der Waals surface area contributed by atoms with Crippen LogP contribution in [0.3, 0.4) is 0 Å². The summed E-state index contributed by atoms with van der Waals surface area (Å²) in [6.45, 7) is 3.91. The molecule has 0 unspecified atom stereocenters. The first-order valence-electron chi connectivity index (χ1n) is 3.34. The summed E-state index contributed by atoms with van der Waals surface area (Å²) in [5, 5.41) is 2.64. The normalized spacial score (nSPS) is 16.0. The van der Waals surface area contributed by atoms with Crippen LogP contribution in [0.4, 0.5) is 0 Å². The molecule has 0 aromatic heterocycles. The Morgan fingerprint density at radius 3 is 2.40 bits per heavy atom. The van der Waals surface area contributed by atoms with Crippen LogP contribution in [-0.4, -0.2) is 24.5 Å². The van der Waals surface area contributed by atoms with E-state index in [1.807, 2.05) is 6.92 Å². The zero-order valence-corrected chi connectivity index (χ0v) is 6.42. The van der Waals surface area contributed by atoms with Crippen LogP contribution in [0.15, 0.2) is 0 Å². The molecule has 0 heterocycles. The predicted molar refractivity (Wildman–Crippen MR) is 40.3 cm³/mol. The van der Waals surface area contributed by atoms with Crippen molar-refractivity contribution in [2.24, 2.45) is 11.5 Å². The van der Waals surface area contributed by atoms with Gasteiger partial charge < -0.3 is 16.8 Å². The summed E-state index contributed by atoms with van der Waals surface area (Å²) in [6.07, 6.45) is 0. The molecule has 60 valence electrons.